The molecule has 0 amide bonds. The van der Waals surface area contributed by atoms with Gasteiger partial charge in [-0.15, -0.1) is 0 Å². The van der Waals surface area contributed by atoms with Crippen molar-refractivity contribution in [2.75, 3.05) is 28.2 Å². The fourth-order valence-electron chi connectivity index (χ4n) is 2.01. The molecule has 120 valence electrons. The number of hydrogen-bond donors (Lipinski definition) is 2. The Bertz CT molecular complexity index is 569. The lowest BCUT2D eigenvalue weighted by atomic mass is 10.2. The monoisotopic (exact) mass is 302 g/mol. The fraction of sp³-hybridized carbons (Fsp3) is 0.333. The van der Waals surface area contributed by atoms with E-state index in [1.807, 2.05) is 63.4 Å². The van der Waals surface area contributed by atoms with Crippen molar-refractivity contribution in [1.82, 2.24) is 9.80 Å². The average molecular weight is 302 g/mol. The Morgan fingerprint density at radius 3 is 1.95 bits per heavy atom. The maximum absolute atomic E-state index is 9.33. The highest BCUT2D eigenvalue weighted by atomic mass is 16.3. The van der Waals surface area contributed by atoms with E-state index in [1.54, 1.807) is 18.2 Å². The maximum atomic E-state index is 9.33. The second-order valence-electron chi connectivity index (χ2n) is 5.77. The summed E-state index contributed by atoms with van der Waals surface area (Å²) in [5.74, 6) is 0.713. The van der Waals surface area contributed by atoms with Crippen LogP contribution in [0.5, 0.6) is 11.5 Å². The predicted octanol–water partition coefficient (Wildman–Crippen LogP) is 2.91. The first-order valence-corrected chi connectivity index (χ1v) is 7.22. The van der Waals surface area contributed by atoms with Gasteiger partial charge in [-0.05, 0) is 52.0 Å². The van der Waals surface area contributed by atoms with Gasteiger partial charge in [0.2, 0.25) is 0 Å². The molecule has 0 atom stereocenters. The Kier molecular flexibility index (Phi) is 7.43. The number of phenols is 2. The summed E-state index contributed by atoms with van der Waals surface area (Å²) in [6.07, 6.45) is 0. The summed E-state index contributed by atoms with van der Waals surface area (Å²) >= 11 is 0. The molecule has 0 heterocycles. The van der Waals surface area contributed by atoms with E-state index in [9.17, 15) is 5.11 Å². The molecule has 4 heteroatoms. The molecule has 2 rings (SSSR count). The minimum Gasteiger partial charge on any atom is -0.508 e. The molecule has 0 fully saturated rings. The van der Waals surface area contributed by atoms with Crippen LogP contribution >= 0.6 is 0 Å². The fourth-order valence-corrected chi connectivity index (χ4v) is 2.01. The number of nitrogens with zero attached hydrogens (tertiary/aromatic N) is 2. The Balaban J connectivity index is 0.000000220. The second kappa shape index (κ2) is 9.07. The topological polar surface area (TPSA) is 46.9 Å². The van der Waals surface area contributed by atoms with Crippen LogP contribution in [0.15, 0.2) is 48.5 Å². The molecule has 0 aliphatic rings. The number of hydrogen-bond acceptors (Lipinski definition) is 4. The molecular weight excluding hydrogens is 276 g/mol. The highest BCUT2D eigenvalue weighted by Crippen LogP contribution is 2.16. The average Bonchev–Trinajstić information content (AvgIpc) is 2.41. The minimum atomic E-state index is 0.337. The highest BCUT2D eigenvalue weighted by molar-refractivity contribution is 5.31. The number of rotatable bonds is 4. The van der Waals surface area contributed by atoms with Gasteiger partial charge in [0.05, 0.1) is 0 Å². The van der Waals surface area contributed by atoms with Crippen molar-refractivity contribution >= 4 is 0 Å². The zero-order valence-electron chi connectivity index (χ0n) is 13.8. The molecule has 2 aromatic rings. The largest absolute Gasteiger partial charge is 0.508 e. The first-order chi connectivity index (χ1) is 10.4. The summed E-state index contributed by atoms with van der Waals surface area (Å²) in [7, 11) is 7.97. The molecule has 0 aliphatic heterocycles. The van der Waals surface area contributed by atoms with Crippen LogP contribution in [-0.4, -0.2) is 48.2 Å². The Labute approximate surface area is 133 Å². The lowest BCUT2D eigenvalue weighted by Crippen LogP contribution is -2.10. The molecule has 2 aromatic carbocycles. The van der Waals surface area contributed by atoms with Crippen molar-refractivity contribution in [2.24, 2.45) is 0 Å². The lowest BCUT2D eigenvalue weighted by molar-refractivity contribution is 0.386. The van der Waals surface area contributed by atoms with Gasteiger partial charge in [0.15, 0.2) is 0 Å². The summed E-state index contributed by atoms with van der Waals surface area (Å²) in [4.78, 5) is 4.09. The predicted molar refractivity (Wildman–Crippen MR) is 91.0 cm³/mol. The van der Waals surface area contributed by atoms with E-state index >= 15 is 0 Å². The highest BCUT2D eigenvalue weighted by Gasteiger charge is 1.99. The van der Waals surface area contributed by atoms with E-state index in [2.05, 4.69) is 4.90 Å². The van der Waals surface area contributed by atoms with Crippen LogP contribution in [0.25, 0.3) is 0 Å². The minimum absolute atomic E-state index is 0.337. The maximum Gasteiger partial charge on any atom is 0.120 e. The molecule has 0 saturated carbocycles. The van der Waals surface area contributed by atoms with Crippen LogP contribution in [0.1, 0.15) is 11.1 Å². The van der Waals surface area contributed by atoms with Crippen molar-refractivity contribution in [3.05, 3.63) is 59.7 Å². The molecule has 4 nitrogen and oxygen atoms in total. The van der Waals surface area contributed by atoms with Gasteiger partial charge in [0.1, 0.15) is 11.5 Å². The third-order valence-corrected chi connectivity index (χ3v) is 2.89. The van der Waals surface area contributed by atoms with Crippen LogP contribution in [0, 0.1) is 0 Å². The number of aromatic hydroxyl groups is 2. The molecule has 0 aromatic heterocycles. The van der Waals surface area contributed by atoms with Gasteiger partial charge in [-0.3, -0.25) is 0 Å². The molecule has 0 aliphatic carbocycles. The van der Waals surface area contributed by atoms with Gasteiger partial charge in [0, 0.05) is 18.7 Å². The zero-order valence-corrected chi connectivity index (χ0v) is 13.8. The van der Waals surface area contributed by atoms with Gasteiger partial charge in [-0.1, -0.05) is 30.3 Å². The van der Waals surface area contributed by atoms with Crippen molar-refractivity contribution in [3.8, 4) is 11.5 Å². The molecule has 0 radical (unpaired) electrons. The lowest BCUT2D eigenvalue weighted by Gasteiger charge is -2.10. The van der Waals surface area contributed by atoms with E-state index in [1.165, 1.54) is 0 Å². The first kappa shape index (κ1) is 18.0. The molecule has 0 saturated heterocycles. The van der Waals surface area contributed by atoms with E-state index in [0.717, 1.165) is 24.2 Å². The Hall–Kier alpha value is -2.04. The third-order valence-electron chi connectivity index (χ3n) is 2.89. The van der Waals surface area contributed by atoms with E-state index in [-0.39, 0.29) is 0 Å². The van der Waals surface area contributed by atoms with E-state index in [4.69, 9.17) is 5.11 Å². The summed E-state index contributed by atoms with van der Waals surface area (Å²) in [6.45, 7) is 1.65. The van der Waals surface area contributed by atoms with Gasteiger partial charge in [-0.2, -0.15) is 0 Å². The molecule has 0 bridgehead atoms. The van der Waals surface area contributed by atoms with Crippen LogP contribution in [-0.2, 0) is 13.1 Å². The summed E-state index contributed by atoms with van der Waals surface area (Å²) in [5, 5.41) is 18.4. The number of phenolic OH excluding ortho intramolecular Hbond substituents is 2. The van der Waals surface area contributed by atoms with Gasteiger partial charge in [0.25, 0.3) is 0 Å². The normalized spacial score (nSPS) is 10.5. The molecule has 22 heavy (non-hydrogen) atoms. The first-order valence-electron chi connectivity index (χ1n) is 7.22. The molecule has 2 N–H and O–H groups in total. The second-order valence-corrected chi connectivity index (χ2v) is 5.77. The number of benzene rings is 2. The summed E-state index contributed by atoms with van der Waals surface area (Å²) in [5.41, 5.74) is 2.10. The summed E-state index contributed by atoms with van der Waals surface area (Å²) < 4.78 is 0. The van der Waals surface area contributed by atoms with Crippen molar-refractivity contribution in [3.63, 3.8) is 0 Å². The molecule has 0 spiro atoms. The molecule has 0 unspecified atom stereocenters. The van der Waals surface area contributed by atoms with Gasteiger partial charge in [-0.25, -0.2) is 0 Å². The van der Waals surface area contributed by atoms with E-state index < -0.39 is 0 Å². The van der Waals surface area contributed by atoms with Crippen LogP contribution in [0.3, 0.4) is 0 Å². The van der Waals surface area contributed by atoms with Crippen molar-refractivity contribution in [2.45, 2.75) is 13.1 Å². The quantitative estimate of drug-likeness (QED) is 0.911. The number of para-hydroxylation sites is 1. The SMILES string of the molecule is CN(C)Cc1cccc(O)c1.CN(C)Cc1ccccc1O. The van der Waals surface area contributed by atoms with Crippen LogP contribution in [0.4, 0.5) is 0 Å². The smallest absolute Gasteiger partial charge is 0.120 e. The Morgan fingerprint density at radius 2 is 1.41 bits per heavy atom. The van der Waals surface area contributed by atoms with Crippen molar-refractivity contribution in [1.29, 1.82) is 0 Å². The zero-order chi connectivity index (χ0) is 16.5. The van der Waals surface area contributed by atoms with Crippen molar-refractivity contribution < 1.29 is 10.2 Å². The third kappa shape index (κ3) is 7.11. The van der Waals surface area contributed by atoms with Gasteiger partial charge < -0.3 is 20.0 Å². The van der Waals surface area contributed by atoms with Gasteiger partial charge >= 0.3 is 0 Å². The summed E-state index contributed by atoms with van der Waals surface area (Å²) in [6, 6.07) is 14.7. The van der Waals surface area contributed by atoms with E-state index in [0.29, 0.717) is 11.5 Å². The standard InChI is InChI=1S/2C9H13NO/c1-10(2)7-8-4-3-5-9(11)6-8;1-10(2)7-8-5-3-4-6-9(8)11/h2*3-6,11H,7H2,1-2H3. The molecular formula is C18H26N2O2. The van der Waals surface area contributed by atoms with Crippen LogP contribution in [0.2, 0.25) is 0 Å². The Morgan fingerprint density at radius 1 is 0.773 bits per heavy atom. The van der Waals surface area contributed by atoms with Crippen LogP contribution < -0.4 is 0 Å².